The van der Waals surface area contributed by atoms with Gasteiger partial charge in [0.05, 0.1) is 18.3 Å². The third kappa shape index (κ3) is 3.25. The van der Waals surface area contributed by atoms with Crippen molar-refractivity contribution in [3.05, 3.63) is 29.3 Å². The van der Waals surface area contributed by atoms with Gasteiger partial charge in [-0.15, -0.1) is 12.4 Å². The van der Waals surface area contributed by atoms with Crippen molar-refractivity contribution in [3.63, 3.8) is 0 Å². The fourth-order valence-corrected chi connectivity index (χ4v) is 2.63. The third-order valence-corrected chi connectivity index (χ3v) is 3.54. The number of rotatable bonds is 3. The lowest BCUT2D eigenvalue weighted by atomic mass is 9.98. The SMILES string of the molecule is CCOC(=O)CN1C(Cl)=Nc2cccc(C)c2C1C.Cl. The van der Waals surface area contributed by atoms with E-state index in [2.05, 4.69) is 4.99 Å². The lowest BCUT2D eigenvalue weighted by Gasteiger charge is -2.33. The van der Waals surface area contributed by atoms with Crippen molar-refractivity contribution in [2.75, 3.05) is 13.2 Å². The number of esters is 1. The van der Waals surface area contributed by atoms with E-state index in [1.54, 1.807) is 11.8 Å². The Kier molecular flexibility index (Phi) is 5.84. The average molecular weight is 317 g/mol. The predicted molar refractivity (Wildman–Crippen MR) is 83.1 cm³/mol. The molecule has 0 saturated carbocycles. The minimum atomic E-state index is -0.292. The number of hydrogen-bond donors (Lipinski definition) is 0. The molecule has 6 heteroatoms. The van der Waals surface area contributed by atoms with E-state index >= 15 is 0 Å². The molecule has 1 aromatic carbocycles. The van der Waals surface area contributed by atoms with Crippen molar-refractivity contribution < 1.29 is 9.53 Å². The molecule has 1 atom stereocenters. The van der Waals surface area contributed by atoms with Crippen LogP contribution in [0.25, 0.3) is 0 Å². The predicted octanol–water partition coefficient (Wildman–Crippen LogP) is 3.58. The second-order valence-corrected chi connectivity index (χ2v) is 4.84. The molecule has 0 amide bonds. The smallest absolute Gasteiger partial charge is 0.325 e. The van der Waals surface area contributed by atoms with E-state index < -0.39 is 0 Å². The molecule has 0 aromatic heterocycles. The number of nitrogens with zero attached hydrogens (tertiary/aromatic N) is 2. The fourth-order valence-electron chi connectivity index (χ4n) is 2.33. The Bertz CT molecular complexity index is 532. The molecule has 2 rings (SSSR count). The van der Waals surface area contributed by atoms with Crippen LogP contribution in [0.1, 0.15) is 31.0 Å². The van der Waals surface area contributed by atoms with Crippen molar-refractivity contribution in [2.24, 2.45) is 4.99 Å². The van der Waals surface area contributed by atoms with Gasteiger partial charge in [0.25, 0.3) is 0 Å². The van der Waals surface area contributed by atoms with Crippen molar-refractivity contribution in [2.45, 2.75) is 26.8 Å². The van der Waals surface area contributed by atoms with Crippen LogP contribution in [0.3, 0.4) is 0 Å². The van der Waals surface area contributed by atoms with Gasteiger partial charge in [-0.25, -0.2) is 4.99 Å². The largest absolute Gasteiger partial charge is 0.465 e. The summed E-state index contributed by atoms with van der Waals surface area (Å²) in [5, 5.41) is 0.332. The van der Waals surface area contributed by atoms with Gasteiger partial charge in [0.2, 0.25) is 0 Å². The Hall–Kier alpha value is -1.26. The number of carbonyl (C=O) groups is 1. The first-order chi connectivity index (χ1) is 9.04. The van der Waals surface area contributed by atoms with Crippen LogP contribution in [0.4, 0.5) is 5.69 Å². The van der Waals surface area contributed by atoms with E-state index in [1.165, 1.54) is 0 Å². The van der Waals surface area contributed by atoms with Gasteiger partial charge >= 0.3 is 5.97 Å². The van der Waals surface area contributed by atoms with Gasteiger partial charge in [0, 0.05) is 5.56 Å². The number of amidine groups is 1. The molecule has 1 aliphatic heterocycles. The second kappa shape index (κ2) is 6.95. The molecule has 0 bridgehead atoms. The summed E-state index contributed by atoms with van der Waals surface area (Å²) in [5.74, 6) is -0.292. The van der Waals surface area contributed by atoms with Crippen LogP contribution in [0.15, 0.2) is 23.2 Å². The minimum absolute atomic E-state index is 0. The Morgan fingerprint density at radius 1 is 1.50 bits per heavy atom. The molecule has 1 aromatic rings. The summed E-state index contributed by atoms with van der Waals surface area (Å²) in [6, 6.07) is 5.93. The molecule has 0 saturated heterocycles. The molecule has 1 heterocycles. The van der Waals surface area contributed by atoms with E-state index in [9.17, 15) is 4.79 Å². The van der Waals surface area contributed by atoms with Crippen LogP contribution in [0, 0.1) is 6.92 Å². The quantitative estimate of drug-likeness (QED) is 0.632. The first-order valence-electron chi connectivity index (χ1n) is 6.30. The number of benzene rings is 1. The normalized spacial score (nSPS) is 16.9. The van der Waals surface area contributed by atoms with E-state index in [0.717, 1.165) is 16.8 Å². The first kappa shape index (κ1) is 16.8. The summed E-state index contributed by atoms with van der Waals surface area (Å²) in [5.41, 5.74) is 3.13. The molecular weight excluding hydrogens is 299 g/mol. The zero-order valence-corrected chi connectivity index (χ0v) is 13.3. The molecule has 0 N–H and O–H groups in total. The van der Waals surface area contributed by atoms with Crippen molar-refractivity contribution in [1.82, 2.24) is 4.90 Å². The zero-order chi connectivity index (χ0) is 14.0. The highest BCUT2D eigenvalue weighted by Crippen LogP contribution is 2.37. The molecule has 4 nitrogen and oxygen atoms in total. The highest BCUT2D eigenvalue weighted by Gasteiger charge is 2.28. The Balaban J connectivity index is 0.00000200. The van der Waals surface area contributed by atoms with E-state index in [0.29, 0.717) is 11.9 Å². The number of aryl methyl sites for hydroxylation is 1. The van der Waals surface area contributed by atoms with Crippen LogP contribution in [0.5, 0.6) is 0 Å². The van der Waals surface area contributed by atoms with Gasteiger partial charge in [0.1, 0.15) is 6.54 Å². The maximum Gasteiger partial charge on any atom is 0.325 e. The number of ether oxygens (including phenoxy) is 1. The number of fused-ring (bicyclic) bond motifs is 1. The molecule has 0 spiro atoms. The monoisotopic (exact) mass is 316 g/mol. The molecule has 1 aliphatic rings. The van der Waals surface area contributed by atoms with Gasteiger partial charge in [-0.1, -0.05) is 12.1 Å². The van der Waals surface area contributed by atoms with E-state index in [-0.39, 0.29) is 31.0 Å². The summed E-state index contributed by atoms with van der Waals surface area (Å²) in [6.07, 6.45) is 0. The summed E-state index contributed by atoms with van der Waals surface area (Å²) in [4.78, 5) is 17.7. The topological polar surface area (TPSA) is 41.9 Å². The molecule has 110 valence electrons. The molecule has 20 heavy (non-hydrogen) atoms. The van der Waals surface area contributed by atoms with Crippen LogP contribution in [-0.2, 0) is 9.53 Å². The van der Waals surface area contributed by atoms with Gasteiger partial charge in [0.15, 0.2) is 5.29 Å². The Morgan fingerprint density at radius 3 is 2.85 bits per heavy atom. The summed E-state index contributed by atoms with van der Waals surface area (Å²) >= 11 is 6.17. The lowest BCUT2D eigenvalue weighted by molar-refractivity contribution is -0.143. The maximum atomic E-state index is 11.6. The molecule has 1 unspecified atom stereocenters. The molecular formula is C14H18Cl2N2O2. The second-order valence-electron chi connectivity index (χ2n) is 4.50. The van der Waals surface area contributed by atoms with Crippen molar-refractivity contribution >= 4 is 41.0 Å². The Labute approximate surface area is 130 Å². The van der Waals surface area contributed by atoms with Crippen LogP contribution in [0.2, 0.25) is 0 Å². The lowest BCUT2D eigenvalue weighted by Crippen LogP contribution is -2.38. The van der Waals surface area contributed by atoms with Gasteiger partial charge in [-0.3, -0.25) is 4.79 Å². The van der Waals surface area contributed by atoms with E-state index in [4.69, 9.17) is 16.3 Å². The first-order valence-corrected chi connectivity index (χ1v) is 6.68. The van der Waals surface area contributed by atoms with Gasteiger partial charge in [-0.2, -0.15) is 0 Å². The number of aliphatic imine (C=N–C) groups is 1. The maximum absolute atomic E-state index is 11.6. The minimum Gasteiger partial charge on any atom is -0.465 e. The molecule has 0 radical (unpaired) electrons. The number of hydrogen-bond acceptors (Lipinski definition) is 4. The highest BCUT2D eigenvalue weighted by molar-refractivity contribution is 6.65. The number of carbonyl (C=O) groups excluding carboxylic acids is 1. The van der Waals surface area contributed by atoms with Crippen molar-refractivity contribution in [3.8, 4) is 0 Å². The number of halogens is 2. The van der Waals surface area contributed by atoms with Crippen LogP contribution < -0.4 is 0 Å². The molecule has 0 fully saturated rings. The van der Waals surface area contributed by atoms with E-state index in [1.807, 2.05) is 32.0 Å². The average Bonchev–Trinajstić information content (AvgIpc) is 2.34. The van der Waals surface area contributed by atoms with Crippen LogP contribution in [-0.4, -0.2) is 29.3 Å². The standard InChI is InChI=1S/C14H17ClN2O2.ClH/c1-4-19-12(18)8-17-10(3)13-9(2)6-5-7-11(13)16-14(17)15;/h5-7,10H,4,8H2,1-3H3;1H. The highest BCUT2D eigenvalue weighted by atomic mass is 35.5. The fraction of sp³-hybridized carbons (Fsp3) is 0.429. The summed E-state index contributed by atoms with van der Waals surface area (Å²) in [6.45, 7) is 6.32. The van der Waals surface area contributed by atoms with Gasteiger partial charge in [-0.05, 0) is 44.0 Å². The van der Waals surface area contributed by atoms with Crippen LogP contribution >= 0.6 is 24.0 Å². The Morgan fingerprint density at radius 2 is 2.20 bits per heavy atom. The zero-order valence-electron chi connectivity index (χ0n) is 11.7. The third-order valence-electron chi connectivity index (χ3n) is 3.24. The van der Waals surface area contributed by atoms with Crippen molar-refractivity contribution in [1.29, 1.82) is 0 Å². The summed E-state index contributed by atoms with van der Waals surface area (Å²) < 4.78 is 4.97. The molecule has 0 aliphatic carbocycles. The van der Waals surface area contributed by atoms with Gasteiger partial charge < -0.3 is 9.64 Å². The summed E-state index contributed by atoms with van der Waals surface area (Å²) in [7, 11) is 0.